The van der Waals surface area contributed by atoms with E-state index in [0.717, 1.165) is 28.0 Å². The molecule has 3 heterocycles. The molecule has 0 saturated heterocycles. The molecule has 0 saturated carbocycles. The van der Waals surface area contributed by atoms with Crippen LogP contribution in [0.1, 0.15) is 0 Å². The molecule has 0 spiro atoms. The van der Waals surface area contributed by atoms with Crippen molar-refractivity contribution in [3.8, 4) is 17.1 Å². The molecular formula is C20H17N5O. The van der Waals surface area contributed by atoms with Crippen LogP contribution in [0.4, 0.5) is 5.82 Å². The summed E-state index contributed by atoms with van der Waals surface area (Å²) >= 11 is 0. The Morgan fingerprint density at radius 1 is 0.846 bits per heavy atom. The SMILES string of the molecule is c1cncc(OCCNc2nc(-c3cccnc3)nc3ccccc23)c1. The zero-order valence-electron chi connectivity index (χ0n) is 14.0. The third-order valence-electron chi connectivity index (χ3n) is 3.82. The molecule has 1 N–H and O–H groups in total. The van der Waals surface area contributed by atoms with Gasteiger partial charge in [-0.25, -0.2) is 9.97 Å². The lowest BCUT2D eigenvalue weighted by molar-refractivity contribution is 0.331. The van der Waals surface area contributed by atoms with Gasteiger partial charge in [-0.05, 0) is 36.4 Å². The molecule has 3 aromatic heterocycles. The first-order valence-corrected chi connectivity index (χ1v) is 8.34. The number of para-hydroxylation sites is 1. The predicted octanol–water partition coefficient (Wildman–Crippen LogP) is 3.58. The first-order valence-electron chi connectivity index (χ1n) is 8.34. The second-order valence-corrected chi connectivity index (χ2v) is 5.62. The molecule has 6 nitrogen and oxygen atoms in total. The molecule has 4 aromatic rings. The second kappa shape index (κ2) is 7.57. The van der Waals surface area contributed by atoms with Gasteiger partial charge in [-0.1, -0.05) is 12.1 Å². The van der Waals surface area contributed by atoms with Crippen LogP contribution in [0.5, 0.6) is 5.75 Å². The van der Waals surface area contributed by atoms with E-state index in [1.54, 1.807) is 24.8 Å². The van der Waals surface area contributed by atoms with Gasteiger partial charge in [0, 0.05) is 29.5 Å². The number of hydrogen-bond donors (Lipinski definition) is 1. The number of ether oxygens (including phenoxy) is 1. The highest BCUT2D eigenvalue weighted by Gasteiger charge is 2.09. The lowest BCUT2D eigenvalue weighted by atomic mass is 10.2. The third kappa shape index (κ3) is 3.59. The molecule has 1 aromatic carbocycles. The average molecular weight is 343 g/mol. The van der Waals surface area contributed by atoms with Gasteiger partial charge in [-0.15, -0.1) is 0 Å². The summed E-state index contributed by atoms with van der Waals surface area (Å²) in [5, 5.41) is 4.32. The van der Waals surface area contributed by atoms with Crippen molar-refractivity contribution in [2.75, 3.05) is 18.5 Å². The van der Waals surface area contributed by atoms with E-state index < -0.39 is 0 Å². The summed E-state index contributed by atoms with van der Waals surface area (Å²) in [6, 6.07) is 15.5. The Labute approximate surface area is 150 Å². The van der Waals surface area contributed by atoms with Crippen LogP contribution in [0.2, 0.25) is 0 Å². The fraction of sp³-hybridized carbons (Fsp3) is 0.100. The summed E-state index contributed by atoms with van der Waals surface area (Å²) in [5.74, 6) is 2.18. The molecule has 128 valence electrons. The van der Waals surface area contributed by atoms with E-state index in [2.05, 4.69) is 25.3 Å². The molecule has 0 bridgehead atoms. The molecule has 0 amide bonds. The average Bonchev–Trinajstić information content (AvgIpc) is 2.72. The quantitative estimate of drug-likeness (QED) is 0.540. The van der Waals surface area contributed by atoms with E-state index in [1.807, 2.05) is 48.5 Å². The predicted molar refractivity (Wildman–Crippen MR) is 101 cm³/mol. The molecule has 6 heteroatoms. The van der Waals surface area contributed by atoms with Crippen LogP contribution in [-0.4, -0.2) is 33.1 Å². The van der Waals surface area contributed by atoms with Crippen molar-refractivity contribution in [3.63, 3.8) is 0 Å². The maximum atomic E-state index is 5.68. The third-order valence-corrected chi connectivity index (χ3v) is 3.82. The standard InChI is InChI=1S/C20H17N5O/c1-2-8-18-17(7-1)20(23-11-12-26-16-6-4-10-22-14-16)25-19(24-18)15-5-3-9-21-13-15/h1-10,13-14H,11-12H2,(H,23,24,25). The zero-order valence-corrected chi connectivity index (χ0v) is 14.0. The van der Waals surface area contributed by atoms with Crippen LogP contribution >= 0.6 is 0 Å². The monoisotopic (exact) mass is 343 g/mol. The fourth-order valence-electron chi connectivity index (χ4n) is 2.61. The summed E-state index contributed by atoms with van der Waals surface area (Å²) in [7, 11) is 0. The van der Waals surface area contributed by atoms with Crippen molar-refractivity contribution in [2.45, 2.75) is 0 Å². The number of pyridine rings is 2. The highest BCUT2D eigenvalue weighted by Crippen LogP contribution is 2.24. The molecule has 0 aliphatic heterocycles. The highest BCUT2D eigenvalue weighted by molar-refractivity contribution is 5.90. The van der Waals surface area contributed by atoms with Gasteiger partial charge in [0.15, 0.2) is 5.82 Å². The van der Waals surface area contributed by atoms with Crippen molar-refractivity contribution >= 4 is 16.7 Å². The van der Waals surface area contributed by atoms with Gasteiger partial charge in [0.1, 0.15) is 18.2 Å². The number of rotatable bonds is 6. The number of nitrogens with one attached hydrogen (secondary N) is 1. The Bertz CT molecular complexity index is 993. The van der Waals surface area contributed by atoms with Gasteiger partial charge >= 0.3 is 0 Å². The molecule has 0 radical (unpaired) electrons. The van der Waals surface area contributed by atoms with Gasteiger partial charge in [0.05, 0.1) is 18.3 Å². The van der Waals surface area contributed by atoms with Gasteiger partial charge in [0.2, 0.25) is 0 Å². The summed E-state index contributed by atoms with van der Waals surface area (Å²) in [6.07, 6.45) is 6.91. The Kier molecular flexibility index (Phi) is 4.64. The first kappa shape index (κ1) is 16.0. The van der Waals surface area contributed by atoms with Crippen molar-refractivity contribution in [3.05, 3.63) is 73.3 Å². The van der Waals surface area contributed by atoms with E-state index in [9.17, 15) is 0 Å². The lowest BCUT2D eigenvalue weighted by Gasteiger charge is -2.11. The van der Waals surface area contributed by atoms with Crippen LogP contribution in [0.15, 0.2) is 73.3 Å². The second-order valence-electron chi connectivity index (χ2n) is 5.62. The molecule has 0 unspecified atom stereocenters. The minimum absolute atomic E-state index is 0.506. The molecular weight excluding hydrogens is 326 g/mol. The molecule has 0 aliphatic carbocycles. The van der Waals surface area contributed by atoms with Crippen LogP contribution in [0.25, 0.3) is 22.3 Å². The molecule has 0 fully saturated rings. The minimum Gasteiger partial charge on any atom is -0.490 e. The number of anilines is 1. The first-order chi connectivity index (χ1) is 12.9. The number of aromatic nitrogens is 4. The number of benzene rings is 1. The van der Waals surface area contributed by atoms with Gasteiger partial charge in [0.25, 0.3) is 0 Å². The van der Waals surface area contributed by atoms with Crippen molar-refractivity contribution in [2.24, 2.45) is 0 Å². The maximum Gasteiger partial charge on any atom is 0.163 e. The Hall–Kier alpha value is -3.54. The van der Waals surface area contributed by atoms with Crippen molar-refractivity contribution < 1.29 is 4.74 Å². The van der Waals surface area contributed by atoms with Gasteiger partial charge in [-0.2, -0.15) is 0 Å². The largest absolute Gasteiger partial charge is 0.490 e. The van der Waals surface area contributed by atoms with E-state index in [4.69, 9.17) is 4.74 Å². The van der Waals surface area contributed by atoms with Crippen molar-refractivity contribution in [1.29, 1.82) is 0 Å². The van der Waals surface area contributed by atoms with E-state index in [1.165, 1.54) is 0 Å². The Morgan fingerprint density at radius 3 is 2.50 bits per heavy atom. The smallest absolute Gasteiger partial charge is 0.163 e. The normalized spacial score (nSPS) is 10.6. The minimum atomic E-state index is 0.506. The lowest BCUT2D eigenvalue weighted by Crippen LogP contribution is -2.13. The van der Waals surface area contributed by atoms with Gasteiger partial charge in [-0.3, -0.25) is 9.97 Å². The van der Waals surface area contributed by atoms with Crippen LogP contribution in [0, 0.1) is 0 Å². The molecule has 0 atom stereocenters. The summed E-state index contributed by atoms with van der Waals surface area (Å²) in [6.45, 7) is 1.12. The summed E-state index contributed by atoms with van der Waals surface area (Å²) in [4.78, 5) is 17.5. The zero-order chi connectivity index (χ0) is 17.6. The maximum absolute atomic E-state index is 5.68. The Balaban J connectivity index is 1.55. The van der Waals surface area contributed by atoms with Crippen LogP contribution in [0.3, 0.4) is 0 Å². The van der Waals surface area contributed by atoms with E-state index in [0.29, 0.717) is 19.0 Å². The van der Waals surface area contributed by atoms with Crippen LogP contribution < -0.4 is 10.1 Å². The number of fused-ring (bicyclic) bond motifs is 1. The fourth-order valence-corrected chi connectivity index (χ4v) is 2.61. The molecule has 0 aliphatic rings. The topological polar surface area (TPSA) is 72.8 Å². The van der Waals surface area contributed by atoms with Crippen LogP contribution in [-0.2, 0) is 0 Å². The van der Waals surface area contributed by atoms with E-state index >= 15 is 0 Å². The highest BCUT2D eigenvalue weighted by atomic mass is 16.5. The van der Waals surface area contributed by atoms with E-state index in [-0.39, 0.29) is 0 Å². The summed E-state index contributed by atoms with van der Waals surface area (Å²) < 4.78 is 5.68. The number of nitrogens with zero attached hydrogens (tertiary/aromatic N) is 4. The number of hydrogen-bond acceptors (Lipinski definition) is 6. The molecule has 26 heavy (non-hydrogen) atoms. The Morgan fingerprint density at radius 2 is 1.69 bits per heavy atom. The van der Waals surface area contributed by atoms with Gasteiger partial charge < -0.3 is 10.1 Å². The summed E-state index contributed by atoms with van der Waals surface area (Å²) in [5.41, 5.74) is 1.77. The molecule has 4 rings (SSSR count). The van der Waals surface area contributed by atoms with Crippen molar-refractivity contribution in [1.82, 2.24) is 19.9 Å².